The van der Waals surface area contributed by atoms with Gasteiger partial charge in [0.25, 0.3) is 0 Å². The highest BCUT2D eigenvalue weighted by atomic mass is 35.5. The Morgan fingerprint density at radius 2 is 1.70 bits per heavy atom. The quantitative estimate of drug-likeness (QED) is 0.840. The smallest absolute Gasteiger partial charge is 0.119 e. The van der Waals surface area contributed by atoms with Crippen LogP contribution < -0.4 is 10.1 Å². The standard InChI is InChI=1S/C17H20ClNO/c1-3-20-17-10-6-15(7-11-17)13(2)19-12-14-4-8-16(18)9-5-14/h4-11,13,19H,3,12H2,1-2H3. The fourth-order valence-electron chi connectivity index (χ4n) is 2.01. The number of rotatable bonds is 6. The Hall–Kier alpha value is -1.51. The van der Waals surface area contributed by atoms with Gasteiger partial charge < -0.3 is 10.1 Å². The molecule has 2 aromatic carbocycles. The van der Waals surface area contributed by atoms with Crippen LogP contribution in [0.1, 0.15) is 31.0 Å². The van der Waals surface area contributed by atoms with Gasteiger partial charge in [-0.3, -0.25) is 0 Å². The van der Waals surface area contributed by atoms with Gasteiger partial charge in [0.1, 0.15) is 5.75 Å². The number of halogens is 1. The van der Waals surface area contributed by atoms with Gasteiger partial charge in [-0.25, -0.2) is 0 Å². The van der Waals surface area contributed by atoms with Crippen molar-refractivity contribution in [3.05, 3.63) is 64.7 Å². The van der Waals surface area contributed by atoms with Crippen LogP contribution in [0.5, 0.6) is 5.75 Å². The first-order chi connectivity index (χ1) is 9.69. The van der Waals surface area contributed by atoms with E-state index in [1.807, 2.05) is 43.3 Å². The molecule has 2 nitrogen and oxygen atoms in total. The van der Waals surface area contributed by atoms with Crippen molar-refractivity contribution < 1.29 is 4.74 Å². The van der Waals surface area contributed by atoms with Gasteiger partial charge in [-0.05, 0) is 49.2 Å². The van der Waals surface area contributed by atoms with E-state index < -0.39 is 0 Å². The molecule has 0 saturated carbocycles. The molecule has 1 N–H and O–H groups in total. The summed E-state index contributed by atoms with van der Waals surface area (Å²) in [6.45, 7) is 5.67. The predicted octanol–water partition coefficient (Wildman–Crippen LogP) is 4.59. The Labute approximate surface area is 125 Å². The van der Waals surface area contributed by atoms with Crippen molar-refractivity contribution >= 4 is 11.6 Å². The Balaban J connectivity index is 1.90. The molecule has 0 amide bonds. The fourth-order valence-corrected chi connectivity index (χ4v) is 2.14. The van der Waals surface area contributed by atoms with Crippen LogP contribution in [0.3, 0.4) is 0 Å². The minimum Gasteiger partial charge on any atom is -0.494 e. The summed E-state index contributed by atoms with van der Waals surface area (Å²) in [7, 11) is 0. The summed E-state index contributed by atoms with van der Waals surface area (Å²) in [5, 5.41) is 4.27. The molecule has 0 fully saturated rings. The van der Waals surface area contributed by atoms with Crippen LogP contribution >= 0.6 is 11.6 Å². The number of ether oxygens (including phenoxy) is 1. The highest BCUT2D eigenvalue weighted by molar-refractivity contribution is 6.30. The third-order valence-electron chi connectivity index (χ3n) is 3.22. The fraction of sp³-hybridized carbons (Fsp3) is 0.294. The second-order valence-electron chi connectivity index (χ2n) is 4.73. The molecule has 20 heavy (non-hydrogen) atoms. The zero-order chi connectivity index (χ0) is 14.4. The van der Waals surface area contributed by atoms with Gasteiger partial charge in [0.05, 0.1) is 6.61 Å². The molecule has 0 aromatic heterocycles. The Morgan fingerprint density at radius 1 is 1.05 bits per heavy atom. The molecule has 0 saturated heterocycles. The van der Waals surface area contributed by atoms with Crippen molar-refractivity contribution in [1.82, 2.24) is 5.32 Å². The van der Waals surface area contributed by atoms with Crippen LogP contribution in [0.15, 0.2) is 48.5 Å². The molecule has 0 radical (unpaired) electrons. The predicted molar refractivity (Wildman–Crippen MR) is 84.3 cm³/mol. The number of benzene rings is 2. The van der Waals surface area contributed by atoms with Crippen LogP contribution in [0.2, 0.25) is 5.02 Å². The molecular weight excluding hydrogens is 270 g/mol. The molecule has 0 heterocycles. The van der Waals surface area contributed by atoms with Crippen LogP contribution in [0.4, 0.5) is 0 Å². The van der Waals surface area contributed by atoms with E-state index in [1.165, 1.54) is 11.1 Å². The van der Waals surface area contributed by atoms with Gasteiger partial charge in [0.15, 0.2) is 0 Å². The summed E-state index contributed by atoms with van der Waals surface area (Å²) in [6, 6.07) is 16.4. The Morgan fingerprint density at radius 3 is 2.30 bits per heavy atom. The molecule has 0 aliphatic carbocycles. The lowest BCUT2D eigenvalue weighted by Crippen LogP contribution is -2.17. The molecule has 2 rings (SSSR count). The molecule has 2 aromatic rings. The van der Waals surface area contributed by atoms with Crippen LogP contribution in [-0.2, 0) is 6.54 Å². The van der Waals surface area contributed by atoms with E-state index in [0.29, 0.717) is 12.6 Å². The topological polar surface area (TPSA) is 21.3 Å². The molecule has 0 aliphatic heterocycles. The van der Waals surface area contributed by atoms with Crippen molar-refractivity contribution in [2.75, 3.05) is 6.61 Å². The summed E-state index contributed by atoms with van der Waals surface area (Å²) in [4.78, 5) is 0. The molecule has 106 valence electrons. The monoisotopic (exact) mass is 289 g/mol. The average Bonchev–Trinajstić information content (AvgIpc) is 2.47. The van der Waals surface area contributed by atoms with Crippen molar-refractivity contribution in [2.24, 2.45) is 0 Å². The van der Waals surface area contributed by atoms with Gasteiger partial charge in [-0.15, -0.1) is 0 Å². The van der Waals surface area contributed by atoms with E-state index in [2.05, 4.69) is 24.4 Å². The maximum atomic E-state index is 5.88. The summed E-state index contributed by atoms with van der Waals surface area (Å²) < 4.78 is 5.45. The first-order valence-electron chi connectivity index (χ1n) is 6.89. The average molecular weight is 290 g/mol. The van der Waals surface area contributed by atoms with Crippen molar-refractivity contribution in [3.8, 4) is 5.75 Å². The summed E-state index contributed by atoms with van der Waals surface area (Å²) in [5.74, 6) is 0.918. The summed E-state index contributed by atoms with van der Waals surface area (Å²) in [6.07, 6.45) is 0. The van der Waals surface area contributed by atoms with Crippen LogP contribution in [0.25, 0.3) is 0 Å². The minimum absolute atomic E-state index is 0.293. The second kappa shape index (κ2) is 7.32. The number of nitrogens with one attached hydrogen (secondary N) is 1. The number of hydrogen-bond acceptors (Lipinski definition) is 2. The number of hydrogen-bond donors (Lipinski definition) is 1. The molecule has 0 aliphatic rings. The molecule has 0 spiro atoms. The lowest BCUT2D eigenvalue weighted by molar-refractivity contribution is 0.340. The van der Waals surface area contributed by atoms with Gasteiger partial charge >= 0.3 is 0 Å². The maximum Gasteiger partial charge on any atom is 0.119 e. The van der Waals surface area contributed by atoms with E-state index >= 15 is 0 Å². The first-order valence-corrected chi connectivity index (χ1v) is 7.27. The van der Waals surface area contributed by atoms with Crippen molar-refractivity contribution in [2.45, 2.75) is 26.4 Å². The second-order valence-corrected chi connectivity index (χ2v) is 5.17. The third kappa shape index (κ3) is 4.26. The normalized spacial score (nSPS) is 12.2. The molecule has 1 unspecified atom stereocenters. The Kier molecular flexibility index (Phi) is 5.45. The molecule has 0 bridgehead atoms. The van der Waals surface area contributed by atoms with E-state index in [0.717, 1.165) is 17.3 Å². The van der Waals surface area contributed by atoms with Gasteiger partial charge in [0, 0.05) is 17.6 Å². The zero-order valence-corrected chi connectivity index (χ0v) is 12.7. The third-order valence-corrected chi connectivity index (χ3v) is 3.47. The largest absolute Gasteiger partial charge is 0.494 e. The summed E-state index contributed by atoms with van der Waals surface area (Å²) >= 11 is 5.88. The Bertz CT molecular complexity index is 522. The van der Waals surface area contributed by atoms with E-state index in [9.17, 15) is 0 Å². The lowest BCUT2D eigenvalue weighted by Gasteiger charge is -2.15. The van der Waals surface area contributed by atoms with E-state index in [4.69, 9.17) is 16.3 Å². The van der Waals surface area contributed by atoms with Crippen molar-refractivity contribution in [3.63, 3.8) is 0 Å². The van der Waals surface area contributed by atoms with Gasteiger partial charge in [0.2, 0.25) is 0 Å². The van der Waals surface area contributed by atoms with Crippen LogP contribution in [-0.4, -0.2) is 6.61 Å². The van der Waals surface area contributed by atoms with Crippen LogP contribution in [0, 0.1) is 0 Å². The van der Waals surface area contributed by atoms with E-state index in [1.54, 1.807) is 0 Å². The van der Waals surface area contributed by atoms with Gasteiger partial charge in [-0.2, -0.15) is 0 Å². The highest BCUT2D eigenvalue weighted by Crippen LogP contribution is 2.18. The van der Waals surface area contributed by atoms with Gasteiger partial charge in [-0.1, -0.05) is 35.9 Å². The maximum absolute atomic E-state index is 5.88. The highest BCUT2D eigenvalue weighted by Gasteiger charge is 2.05. The van der Waals surface area contributed by atoms with E-state index in [-0.39, 0.29) is 0 Å². The zero-order valence-electron chi connectivity index (χ0n) is 11.9. The first kappa shape index (κ1) is 14.9. The SMILES string of the molecule is CCOc1ccc(C(C)NCc2ccc(Cl)cc2)cc1. The minimum atomic E-state index is 0.293. The molecule has 1 atom stereocenters. The lowest BCUT2D eigenvalue weighted by atomic mass is 10.1. The summed E-state index contributed by atoms with van der Waals surface area (Å²) in [5.41, 5.74) is 2.48. The molecular formula is C17H20ClNO. The van der Waals surface area contributed by atoms with Crippen molar-refractivity contribution in [1.29, 1.82) is 0 Å². The molecule has 3 heteroatoms.